The molecule has 0 atom stereocenters. The summed E-state index contributed by atoms with van der Waals surface area (Å²) in [6.45, 7) is 8.39. The first kappa shape index (κ1) is 18.1. The Kier molecular flexibility index (Phi) is 6.90. The van der Waals surface area contributed by atoms with Gasteiger partial charge in [0.15, 0.2) is 5.96 Å². The van der Waals surface area contributed by atoms with Crippen molar-refractivity contribution in [1.29, 1.82) is 0 Å². The summed E-state index contributed by atoms with van der Waals surface area (Å²) in [4.78, 5) is 16.3. The number of rotatable bonds is 7. The van der Waals surface area contributed by atoms with E-state index in [2.05, 4.69) is 33.2 Å². The predicted octanol–water partition coefficient (Wildman–Crippen LogP) is 2.68. The predicted molar refractivity (Wildman–Crippen MR) is 99.3 cm³/mol. The summed E-state index contributed by atoms with van der Waals surface area (Å²) in [6.07, 6.45) is 2.65. The van der Waals surface area contributed by atoms with Crippen LogP contribution < -0.4 is 21.3 Å². The molecule has 0 bridgehead atoms. The smallest absolute Gasteiger partial charge is 0.319 e. The molecule has 2 rings (SSSR count). The third kappa shape index (κ3) is 6.89. The van der Waals surface area contributed by atoms with Crippen molar-refractivity contribution >= 4 is 17.7 Å². The molecule has 1 aliphatic rings. The molecule has 6 heteroatoms. The molecule has 0 unspecified atom stereocenters. The van der Waals surface area contributed by atoms with Crippen LogP contribution in [-0.4, -0.2) is 31.1 Å². The molecule has 0 aliphatic heterocycles. The van der Waals surface area contributed by atoms with Gasteiger partial charge in [0.1, 0.15) is 0 Å². The summed E-state index contributed by atoms with van der Waals surface area (Å²) in [5.74, 6) is 1.68. The van der Waals surface area contributed by atoms with Gasteiger partial charge >= 0.3 is 6.03 Å². The Morgan fingerprint density at radius 2 is 1.92 bits per heavy atom. The number of amides is 2. The van der Waals surface area contributed by atoms with Gasteiger partial charge in [0.2, 0.25) is 0 Å². The molecule has 0 spiro atoms. The average Bonchev–Trinajstić information content (AvgIpc) is 3.35. The van der Waals surface area contributed by atoms with E-state index in [-0.39, 0.29) is 12.1 Å². The second kappa shape index (κ2) is 9.15. The molecule has 2 amide bonds. The number of nitrogens with one attached hydrogen (secondary N) is 4. The van der Waals surface area contributed by atoms with Gasteiger partial charge in [-0.1, -0.05) is 12.1 Å². The fraction of sp³-hybridized carbons (Fsp3) is 0.556. The van der Waals surface area contributed by atoms with Crippen LogP contribution >= 0.6 is 0 Å². The standard InChI is InChI=1S/C18H29N5O/c1-4-19-17(20-11-14-5-6-14)21-12-15-7-9-16(10-8-15)23-18(24)22-13(2)3/h7-10,13-14H,4-6,11-12H2,1-3H3,(H2,19,20,21)(H2,22,23,24). The zero-order valence-electron chi connectivity index (χ0n) is 14.9. The highest BCUT2D eigenvalue weighted by Crippen LogP contribution is 2.27. The van der Waals surface area contributed by atoms with Crippen molar-refractivity contribution in [2.24, 2.45) is 10.9 Å². The average molecular weight is 331 g/mol. The normalized spacial score (nSPS) is 14.4. The molecular weight excluding hydrogens is 302 g/mol. The Morgan fingerprint density at radius 1 is 1.21 bits per heavy atom. The van der Waals surface area contributed by atoms with Crippen LogP contribution in [0.1, 0.15) is 39.2 Å². The lowest BCUT2D eigenvalue weighted by Crippen LogP contribution is -2.38. The van der Waals surface area contributed by atoms with Gasteiger partial charge in [-0.3, -0.25) is 0 Å². The lowest BCUT2D eigenvalue weighted by molar-refractivity contribution is 0.250. The minimum absolute atomic E-state index is 0.117. The number of hydrogen-bond donors (Lipinski definition) is 4. The van der Waals surface area contributed by atoms with Crippen LogP contribution in [0.5, 0.6) is 0 Å². The summed E-state index contributed by atoms with van der Waals surface area (Å²) >= 11 is 0. The van der Waals surface area contributed by atoms with Gasteiger partial charge < -0.3 is 21.3 Å². The maximum Gasteiger partial charge on any atom is 0.319 e. The number of carbonyl (C=O) groups is 1. The highest BCUT2D eigenvalue weighted by atomic mass is 16.2. The molecule has 1 aromatic rings. The summed E-state index contributed by atoms with van der Waals surface area (Å²) in [5.41, 5.74) is 1.88. The fourth-order valence-electron chi connectivity index (χ4n) is 2.20. The monoisotopic (exact) mass is 331 g/mol. The first-order valence-corrected chi connectivity index (χ1v) is 8.75. The summed E-state index contributed by atoms with van der Waals surface area (Å²) in [5, 5.41) is 12.3. The minimum Gasteiger partial charge on any atom is -0.357 e. The van der Waals surface area contributed by atoms with Crippen LogP contribution in [0.3, 0.4) is 0 Å². The molecular formula is C18H29N5O. The van der Waals surface area contributed by atoms with Crippen molar-refractivity contribution < 1.29 is 4.79 Å². The molecule has 1 saturated carbocycles. The Hall–Kier alpha value is -2.24. The topological polar surface area (TPSA) is 77.5 Å². The van der Waals surface area contributed by atoms with E-state index in [1.165, 1.54) is 12.8 Å². The molecule has 4 N–H and O–H groups in total. The summed E-state index contributed by atoms with van der Waals surface area (Å²) in [7, 11) is 0. The molecule has 1 fully saturated rings. The lowest BCUT2D eigenvalue weighted by atomic mass is 10.2. The van der Waals surface area contributed by atoms with Gasteiger partial charge in [-0.05, 0) is 57.2 Å². The Morgan fingerprint density at radius 3 is 2.50 bits per heavy atom. The van der Waals surface area contributed by atoms with Gasteiger partial charge in [0.05, 0.1) is 6.54 Å². The van der Waals surface area contributed by atoms with E-state index >= 15 is 0 Å². The number of carbonyl (C=O) groups excluding carboxylic acids is 1. The molecule has 6 nitrogen and oxygen atoms in total. The summed E-state index contributed by atoms with van der Waals surface area (Å²) in [6, 6.07) is 7.70. The van der Waals surface area contributed by atoms with Gasteiger partial charge in [0, 0.05) is 24.8 Å². The van der Waals surface area contributed by atoms with Crippen LogP contribution in [-0.2, 0) is 6.54 Å². The molecule has 0 heterocycles. The second-order valence-corrected chi connectivity index (χ2v) is 6.47. The first-order valence-electron chi connectivity index (χ1n) is 8.75. The van der Waals surface area contributed by atoms with Crippen LogP contribution in [0, 0.1) is 5.92 Å². The maximum absolute atomic E-state index is 11.7. The van der Waals surface area contributed by atoms with E-state index in [1.807, 2.05) is 38.1 Å². The van der Waals surface area contributed by atoms with Crippen molar-refractivity contribution in [3.8, 4) is 0 Å². The molecule has 0 aromatic heterocycles. The van der Waals surface area contributed by atoms with Gasteiger partial charge in [-0.15, -0.1) is 0 Å². The zero-order valence-corrected chi connectivity index (χ0v) is 14.9. The first-order chi connectivity index (χ1) is 11.6. The van der Waals surface area contributed by atoms with E-state index in [0.29, 0.717) is 6.54 Å². The van der Waals surface area contributed by atoms with E-state index in [0.717, 1.165) is 36.2 Å². The molecule has 1 aromatic carbocycles. The van der Waals surface area contributed by atoms with Gasteiger partial charge in [-0.2, -0.15) is 0 Å². The third-order valence-electron chi connectivity index (χ3n) is 3.65. The van der Waals surface area contributed by atoms with Crippen molar-refractivity contribution in [1.82, 2.24) is 16.0 Å². The van der Waals surface area contributed by atoms with E-state index in [4.69, 9.17) is 0 Å². The Bertz CT molecular complexity index is 549. The van der Waals surface area contributed by atoms with Crippen molar-refractivity contribution in [3.05, 3.63) is 29.8 Å². The largest absolute Gasteiger partial charge is 0.357 e. The molecule has 24 heavy (non-hydrogen) atoms. The number of anilines is 1. The fourth-order valence-corrected chi connectivity index (χ4v) is 2.20. The number of hydrogen-bond acceptors (Lipinski definition) is 2. The molecule has 1 aliphatic carbocycles. The van der Waals surface area contributed by atoms with Gasteiger partial charge in [0.25, 0.3) is 0 Å². The van der Waals surface area contributed by atoms with Crippen molar-refractivity contribution in [2.75, 3.05) is 18.4 Å². The van der Waals surface area contributed by atoms with Gasteiger partial charge in [-0.25, -0.2) is 9.79 Å². The molecule has 132 valence electrons. The zero-order chi connectivity index (χ0) is 17.4. The number of aliphatic imine (C=N–C) groups is 1. The van der Waals surface area contributed by atoms with Crippen LogP contribution in [0.25, 0.3) is 0 Å². The molecule has 0 saturated heterocycles. The van der Waals surface area contributed by atoms with Crippen LogP contribution in [0.15, 0.2) is 29.3 Å². The van der Waals surface area contributed by atoms with Crippen LogP contribution in [0.2, 0.25) is 0 Å². The number of nitrogens with zero attached hydrogens (tertiary/aromatic N) is 1. The van der Waals surface area contributed by atoms with Crippen LogP contribution in [0.4, 0.5) is 10.5 Å². The summed E-state index contributed by atoms with van der Waals surface area (Å²) < 4.78 is 0. The van der Waals surface area contributed by atoms with E-state index in [1.54, 1.807) is 0 Å². The molecule has 0 radical (unpaired) electrons. The second-order valence-electron chi connectivity index (χ2n) is 6.47. The van der Waals surface area contributed by atoms with E-state index < -0.39 is 0 Å². The Balaban J connectivity index is 1.84. The van der Waals surface area contributed by atoms with Crippen molar-refractivity contribution in [3.63, 3.8) is 0 Å². The highest BCUT2D eigenvalue weighted by Gasteiger charge is 2.20. The third-order valence-corrected chi connectivity index (χ3v) is 3.65. The SMILES string of the molecule is CCNC(=NCc1ccc(NC(=O)NC(C)C)cc1)NCC1CC1. The maximum atomic E-state index is 11.7. The number of urea groups is 1. The highest BCUT2D eigenvalue weighted by molar-refractivity contribution is 5.89. The van der Waals surface area contributed by atoms with E-state index in [9.17, 15) is 4.79 Å². The quantitative estimate of drug-likeness (QED) is 0.458. The number of guanidine groups is 1. The Labute approximate surface area is 144 Å². The van der Waals surface area contributed by atoms with Crippen molar-refractivity contribution in [2.45, 2.75) is 46.2 Å². The lowest BCUT2D eigenvalue weighted by Gasteiger charge is -2.11. The number of benzene rings is 1. The minimum atomic E-state index is -0.186.